The smallest absolute Gasteiger partial charge is 0.354 e. The summed E-state index contributed by atoms with van der Waals surface area (Å²) >= 11 is 0. The molecule has 0 aliphatic heterocycles. The van der Waals surface area contributed by atoms with Gasteiger partial charge < -0.3 is 9.72 Å². The van der Waals surface area contributed by atoms with Gasteiger partial charge in [-0.2, -0.15) is 0 Å². The Morgan fingerprint density at radius 1 is 1.50 bits per heavy atom. The minimum absolute atomic E-state index is 0.109. The first kappa shape index (κ1) is 8.99. The third-order valence-corrected chi connectivity index (χ3v) is 2.51. The number of ether oxygens (including phenoxy) is 1. The number of carbonyl (C=O) groups is 2. The Hall–Kier alpha value is -1.58. The number of H-pyrrole nitrogens is 1. The second kappa shape index (κ2) is 3.29. The first-order chi connectivity index (χ1) is 6.74. The summed E-state index contributed by atoms with van der Waals surface area (Å²) in [6.45, 7) is 0. The van der Waals surface area contributed by atoms with Gasteiger partial charge >= 0.3 is 5.97 Å². The van der Waals surface area contributed by atoms with Crippen LogP contribution in [-0.2, 0) is 11.2 Å². The number of rotatable bonds is 1. The highest BCUT2D eigenvalue weighted by molar-refractivity contribution is 6.02. The number of fused-ring (bicyclic) bond motifs is 1. The summed E-state index contributed by atoms with van der Waals surface area (Å²) in [7, 11) is 1.33. The van der Waals surface area contributed by atoms with Crippen LogP contribution in [0.15, 0.2) is 6.20 Å². The fraction of sp³-hybridized carbons (Fsp3) is 0.400. The largest absolute Gasteiger partial charge is 0.464 e. The second-order valence-electron chi connectivity index (χ2n) is 3.32. The molecule has 14 heavy (non-hydrogen) atoms. The van der Waals surface area contributed by atoms with Crippen LogP contribution in [0.3, 0.4) is 0 Å². The molecule has 0 saturated heterocycles. The van der Waals surface area contributed by atoms with Gasteiger partial charge in [0.2, 0.25) is 0 Å². The van der Waals surface area contributed by atoms with Gasteiger partial charge in [0.1, 0.15) is 5.69 Å². The molecule has 0 unspecified atom stereocenters. The molecular weight excluding hydrogens is 182 g/mol. The number of hydrogen-bond donors (Lipinski definition) is 1. The summed E-state index contributed by atoms with van der Waals surface area (Å²) in [6, 6.07) is 0. The van der Waals surface area contributed by atoms with Crippen molar-refractivity contribution in [2.24, 2.45) is 0 Å². The van der Waals surface area contributed by atoms with E-state index >= 15 is 0 Å². The molecule has 0 saturated carbocycles. The van der Waals surface area contributed by atoms with Crippen LogP contribution in [0.4, 0.5) is 0 Å². The van der Waals surface area contributed by atoms with Crippen molar-refractivity contribution >= 4 is 11.8 Å². The fourth-order valence-electron chi connectivity index (χ4n) is 1.81. The number of aromatic nitrogens is 1. The Balaban J connectivity index is 2.45. The average molecular weight is 193 g/mol. The lowest BCUT2D eigenvalue weighted by Gasteiger charge is -2.10. The molecule has 2 rings (SSSR count). The monoisotopic (exact) mass is 193 g/mol. The summed E-state index contributed by atoms with van der Waals surface area (Å²) in [6.07, 6.45) is 3.76. The molecular formula is C10H11NO3. The van der Waals surface area contributed by atoms with Gasteiger partial charge in [-0.3, -0.25) is 4.79 Å². The molecule has 1 aliphatic rings. The first-order valence-corrected chi connectivity index (χ1v) is 4.56. The molecule has 1 N–H and O–H groups in total. The van der Waals surface area contributed by atoms with Gasteiger partial charge in [0.05, 0.1) is 7.11 Å². The van der Waals surface area contributed by atoms with E-state index in [1.165, 1.54) is 7.11 Å². The van der Waals surface area contributed by atoms with Crippen molar-refractivity contribution < 1.29 is 14.3 Å². The Morgan fingerprint density at radius 2 is 2.29 bits per heavy atom. The number of Topliss-reactive ketones (excluding diaryl/α,β-unsaturated/α-hetero) is 1. The van der Waals surface area contributed by atoms with E-state index in [4.69, 9.17) is 0 Å². The quantitative estimate of drug-likeness (QED) is 0.684. The van der Waals surface area contributed by atoms with Gasteiger partial charge in [0.25, 0.3) is 0 Å². The summed E-state index contributed by atoms with van der Waals surface area (Å²) in [5.41, 5.74) is 1.89. The predicted octanol–water partition coefficient (Wildman–Crippen LogP) is 1.32. The zero-order chi connectivity index (χ0) is 10.1. The van der Waals surface area contributed by atoms with Crippen LogP contribution in [0.25, 0.3) is 0 Å². The Labute approximate surface area is 81.3 Å². The van der Waals surface area contributed by atoms with Crippen LogP contribution in [0.1, 0.15) is 39.3 Å². The number of ketones is 1. The molecule has 0 fully saturated rings. The predicted molar refractivity (Wildman–Crippen MR) is 49.4 cm³/mol. The highest BCUT2D eigenvalue weighted by atomic mass is 16.5. The summed E-state index contributed by atoms with van der Waals surface area (Å²) in [5.74, 6) is -0.293. The average Bonchev–Trinajstić information content (AvgIpc) is 2.62. The summed E-state index contributed by atoms with van der Waals surface area (Å²) in [5, 5.41) is 0. The molecule has 0 amide bonds. The van der Waals surface area contributed by atoms with Crippen molar-refractivity contribution in [2.45, 2.75) is 19.3 Å². The molecule has 0 aromatic carbocycles. The minimum Gasteiger partial charge on any atom is -0.464 e. The zero-order valence-electron chi connectivity index (χ0n) is 7.92. The van der Waals surface area contributed by atoms with Crippen LogP contribution in [0.2, 0.25) is 0 Å². The third kappa shape index (κ3) is 1.23. The van der Waals surface area contributed by atoms with E-state index in [-0.39, 0.29) is 5.78 Å². The summed E-state index contributed by atoms with van der Waals surface area (Å²) in [4.78, 5) is 25.5. The van der Waals surface area contributed by atoms with Crippen molar-refractivity contribution in [3.05, 3.63) is 23.0 Å². The van der Waals surface area contributed by atoms with Crippen LogP contribution in [0, 0.1) is 0 Å². The minimum atomic E-state index is -0.402. The lowest BCUT2D eigenvalue weighted by molar-refractivity contribution is 0.0593. The molecule has 0 spiro atoms. The maximum Gasteiger partial charge on any atom is 0.354 e. The van der Waals surface area contributed by atoms with Crippen LogP contribution in [-0.4, -0.2) is 23.8 Å². The van der Waals surface area contributed by atoms with E-state index in [1.54, 1.807) is 6.20 Å². The zero-order valence-corrected chi connectivity index (χ0v) is 7.92. The van der Waals surface area contributed by atoms with E-state index in [9.17, 15) is 9.59 Å². The standard InChI is InChI=1S/C10H11NO3/c1-14-10(13)9-6-3-2-4-8(12)7(6)5-11-9/h5,11H,2-4H2,1H3. The number of esters is 1. The van der Waals surface area contributed by atoms with Crippen LogP contribution < -0.4 is 0 Å². The van der Waals surface area contributed by atoms with Crippen LogP contribution >= 0.6 is 0 Å². The van der Waals surface area contributed by atoms with Crippen molar-refractivity contribution in [3.8, 4) is 0 Å². The van der Waals surface area contributed by atoms with Crippen molar-refractivity contribution in [2.75, 3.05) is 7.11 Å². The third-order valence-electron chi connectivity index (χ3n) is 2.51. The van der Waals surface area contributed by atoms with Gasteiger partial charge in [-0.05, 0) is 18.4 Å². The maximum absolute atomic E-state index is 11.4. The normalized spacial score (nSPS) is 15.1. The van der Waals surface area contributed by atoms with Gasteiger partial charge in [-0.15, -0.1) is 0 Å². The van der Waals surface area contributed by atoms with E-state index in [2.05, 4.69) is 9.72 Å². The molecule has 0 radical (unpaired) electrons. The fourth-order valence-corrected chi connectivity index (χ4v) is 1.81. The molecule has 0 atom stereocenters. The number of hydrogen-bond acceptors (Lipinski definition) is 3. The Bertz CT molecular complexity index is 392. The Morgan fingerprint density at radius 3 is 3.00 bits per heavy atom. The van der Waals surface area contributed by atoms with E-state index in [1.807, 2.05) is 0 Å². The lowest BCUT2D eigenvalue weighted by Crippen LogP contribution is -2.12. The van der Waals surface area contributed by atoms with E-state index < -0.39 is 5.97 Å². The molecule has 1 aromatic rings. The van der Waals surface area contributed by atoms with E-state index in [0.29, 0.717) is 17.7 Å². The van der Waals surface area contributed by atoms with Gasteiger partial charge in [-0.25, -0.2) is 4.79 Å². The molecule has 0 bridgehead atoms. The molecule has 1 aromatic heterocycles. The van der Waals surface area contributed by atoms with Gasteiger partial charge in [-0.1, -0.05) is 0 Å². The van der Waals surface area contributed by atoms with E-state index in [0.717, 1.165) is 18.4 Å². The number of carbonyl (C=O) groups excluding carboxylic acids is 2. The van der Waals surface area contributed by atoms with Gasteiger partial charge in [0, 0.05) is 18.2 Å². The topological polar surface area (TPSA) is 59.2 Å². The highest BCUT2D eigenvalue weighted by Gasteiger charge is 2.24. The maximum atomic E-state index is 11.4. The lowest BCUT2D eigenvalue weighted by atomic mass is 9.93. The molecule has 1 heterocycles. The second-order valence-corrected chi connectivity index (χ2v) is 3.32. The first-order valence-electron chi connectivity index (χ1n) is 4.56. The SMILES string of the molecule is COC(=O)c1[nH]cc2c1CCCC2=O. The number of nitrogens with one attached hydrogen (secondary N) is 1. The van der Waals surface area contributed by atoms with Crippen molar-refractivity contribution in [1.29, 1.82) is 0 Å². The Kier molecular flexibility index (Phi) is 2.11. The number of aromatic amines is 1. The van der Waals surface area contributed by atoms with Gasteiger partial charge in [0.15, 0.2) is 5.78 Å². The molecule has 4 heteroatoms. The molecule has 1 aliphatic carbocycles. The summed E-state index contributed by atoms with van der Waals surface area (Å²) < 4.78 is 4.61. The highest BCUT2D eigenvalue weighted by Crippen LogP contribution is 2.24. The number of methoxy groups -OCH3 is 1. The molecule has 74 valence electrons. The van der Waals surface area contributed by atoms with Crippen LogP contribution in [0.5, 0.6) is 0 Å². The van der Waals surface area contributed by atoms with Crippen molar-refractivity contribution in [1.82, 2.24) is 4.98 Å². The van der Waals surface area contributed by atoms with Crippen molar-refractivity contribution in [3.63, 3.8) is 0 Å². The molecule has 4 nitrogen and oxygen atoms in total.